The second-order valence-corrected chi connectivity index (χ2v) is 8.83. The van der Waals surface area contributed by atoms with Crippen molar-refractivity contribution in [1.82, 2.24) is 9.97 Å². The van der Waals surface area contributed by atoms with Crippen molar-refractivity contribution in [2.75, 3.05) is 18.7 Å². The molecule has 0 amide bonds. The first kappa shape index (κ1) is 16.7. The van der Waals surface area contributed by atoms with Crippen LogP contribution in [0.1, 0.15) is 0 Å². The Bertz CT molecular complexity index is 1230. The zero-order valence-corrected chi connectivity index (χ0v) is 15.7. The first-order chi connectivity index (χ1) is 12.5. The molecule has 4 rings (SSSR count). The van der Waals surface area contributed by atoms with Crippen molar-refractivity contribution in [3.63, 3.8) is 0 Å². The Morgan fingerprint density at radius 1 is 1.15 bits per heavy atom. The number of nitrogens with one attached hydrogen (secondary N) is 1. The van der Waals surface area contributed by atoms with E-state index < -0.39 is 9.84 Å². The lowest BCUT2D eigenvalue weighted by Crippen LogP contribution is -2.00. The summed E-state index contributed by atoms with van der Waals surface area (Å²) in [6.45, 7) is 0. The predicted molar refractivity (Wildman–Crippen MR) is 104 cm³/mol. The van der Waals surface area contributed by atoms with Gasteiger partial charge in [0.2, 0.25) is 0 Å². The number of hydrogen-bond donors (Lipinski definition) is 1. The van der Waals surface area contributed by atoms with Crippen LogP contribution in [0.25, 0.3) is 21.0 Å². The van der Waals surface area contributed by atoms with E-state index in [4.69, 9.17) is 4.74 Å². The number of fused-ring (bicyclic) bond motifs is 3. The van der Waals surface area contributed by atoms with Crippen molar-refractivity contribution in [3.05, 3.63) is 48.8 Å². The van der Waals surface area contributed by atoms with Crippen LogP contribution in [0, 0.1) is 0 Å². The molecule has 8 heteroatoms. The van der Waals surface area contributed by atoms with Crippen LogP contribution < -0.4 is 10.1 Å². The molecule has 1 N–H and O–H groups in total. The van der Waals surface area contributed by atoms with Gasteiger partial charge in [-0.15, -0.1) is 0 Å². The predicted octanol–water partition coefficient (Wildman–Crippen LogP) is 4.00. The van der Waals surface area contributed by atoms with Gasteiger partial charge in [-0.2, -0.15) is 0 Å². The van der Waals surface area contributed by atoms with Gasteiger partial charge in [0.1, 0.15) is 5.75 Å². The van der Waals surface area contributed by atoms with Gasteiger partial charge in [0.25, 0.3) is 0 Å². The minimum atomic E-state index is -3.32. The fourth-order valence-corrected chi connectivity index (χ4v) is 4.28. The second-order valence-electron chi connectivity index (χ2n) is 5.79. The average molecular weight is 385 g/mol. The lowest BCUT2D eigenvalue weighted by atomic mass is 10.1. The molecule has 2 aromatic heterocycles. The Morgan fingerprint density at radius 2 is 2.00 bits per heavy atom. The number of rotatable bonds is 4. The molecule has 0 aliphatic rings. The van der Waals surface area contributed by atoms with Crippen LogP contribution in [0.2, 0.25) is 0 Å². The zero-order chi connectivity index (χ0) is 18.3. The number of methoxy groups -OCH3 is 1. The minimum absolute atomic E-state index is 0.221. The Kier molecular flexibility index (Phi) is 4.01. The van der Waals surface area contributed by atoms with Crippen molar-refractivity contribution in [2.45, 2.75) is 4.90 Å². The molecule has 6 nitrogen and oxygen atoms in total. The van der Waals surface area contributed by atoms with Gasteiger partial charge in [-0.3, -0.25) is 4.98 Å². The summed E-state index contributed by atoms with van der Waals surface area (Å²) in [6.07, 6.45) is 4.73. The summed E-state index contributed by atoms with van der Waals surface area (Å²) >= 11 is 1.49. The van der Waals surface area contributed by atoms with Crippen LogP contribution >= 0.6 is 11.3 Å². The quantitative estimate of drug-likeness (QED) is 0.572. The maximum absolute atomic E-state index is 11.8. The van der Waals surface area contributed by atoms with Crippen LogP contribution in [0.4, 0.5) is 10.8 Å². The maximum atomic E-state index is 11.8. The number of pyridine rings is 1. The summed E-state index contributed by atoms with van der Waals surface area (Å²) in [5.41, 5.74) is 1.44. The molecule has 2 heterocycles. The van der Waals surface area contributed by atoms with Crippen molar-refractivity contribution in [3.8, 4) is 5.75 Å². The molecule has 0 bridgehead atoms. The highest BCUT2D eigenvalue weighted by Gasteiger charge is 2.14. The van der Waals surface area contributed by atoms with E-state index in [9.17, 15) is 8.42 Å². The Hall–Kier alpha value is -2.71. The van der Waals surface area contributed by atoms with Gasteiger partial charge in [0, 0.05) is 29.4 Å². The van der Waals surface area contributed by atoms with Crippen LogP contribution in [-0.4, -0.2) is 31.8 Å². The van der Waals surface area contributed by atoms with Crippen LogP contribution in [0.15, 0.2) is 53.7 Å². The molecule has 132 valence electrons. The standard InChI is InChI=1S/C18H15N3O3S2/c1-24-15-5-4-12(26(2,22)23)9-14(15)20-18-21-17-13-7-8-19-10-11(13)3-6-16(17)25-18/h3-10H,1-2H3,(H,20,21). The maximum Gasteiger partial charge on any atom is 0.188 e. The van der Waals surface area contributed by atoms with E-state index in [0.29, 0.717) is 16.6 Å². The van der Waals surface area contributed by atoms with Gasteiger partial charge >= 0.3 is 0 Å². The molecule has 26 heavy (non-hydrogen) atoms. The zero-order valence-electron chi connectivity index (χ0n) is 14.1. The molecule has 0 saturated carbocycles. The molecule has 0 spiro atoms. The van der Waals surface area contributed by atoms with E-state index >= 15 is 0 Å². The minimum Gasteiger partial charge on any atom is -0.495 e. The number of benzene rings is 2. The molecule has 0 radical (unpaired) electrons. The summed E-state index contributed by atoms with van der Waals surface area (Å²) < 4.78 is 30.0. The normalized spacial score (nSPS) is 11.8. The number of anilines is 2. The highest BCUT2D eigenvalue weighted by atomic mass is 32.2. The Labute approximate surface area is 154 Å². The number of thiazole rings is 1. The van der Waals surface area contributed by atoms with Crippen molar-refractivity contribution >= 4 is 53.0 Å². The molecular formula is C18H15N3O3S2. The van der Waals surface area contributed by atoms with E-state index in [0.717, 1.165) is 21.0 Å². The lowest BCUT2D eigenvalue weighted by Gasteiger charge is -2.10. The van der Waals surface area contributed by atoms with Gasteiger partial charge in [-0.1, -0.05) is 17.4 Å². The van der Waals surface area contributed by atoms with E-state index in [-0.39, 0.29) is 4.90 Å². The summed E-state index contributed by atoms with van der Waals surface area (Å²) in [4.78, 5) is 9.03. The summed E-state index contributed by atoms with van der Waals surface area (Å²) in [5.74, 6) is 0.547. The molecule has 0 fully saturated rings. The van der Waals surface area contributed by atoms with Crippen LogP contribution in [-0.2, 0) is 9.84 Å². The van der Waals surface area contributed by atoms with Crippen LogP contribution in [0.5, 0.6) is 5.75 Å². The van der Waals surface area contributed by atoms with E-state index in [1.807, 2.05) is 18.2 Å². The molecule has 0 saturated heterocycles. The lowest BCUT2D eigenvalue weighted by molar-refractivity contribution is 0.416. The van der Waals surface area contributed by atoms with E-state index in [2.05, 4.69) is 15.3 Å². The highest BCUT2D eigenvalue weighted by molar-refractivity contribution is 7.90. The first-order valence-corrected chi connectivity index (χ1v) is 10.4. The Balaban J connectivity index is 1.81. The summed E-state index contributed by atoms with van der Waals surface area (Å²) in [6, 6.07) is 10.7. The fourth-order valence-electron chi connectivity index (χ4n) is 2.74. The number of aromatic nitrogens is 2. The number of sulfone groups is 1. The largest absolute Gasteiger partial charge is 0.495 e. The monoisotopic (exact) mass is 385 g/mol. The smallest absolute Gasteiger partial charge is 0.188 e. The fraction of sp³-hybridized carbons (Fsp3) is 0.111. The number of nitrogens with zero attached hydrogens (tertiary/aromatic N) is 2. The SMILES string of the molecule is COc1ccc(S(C)(=O)=O)cc1Nc1nc2c(ccc3cnccc32)s1. The van der Waals surface area contributed by atoms with Crippen molar-refractivity contribution < 1.29 is 13.2 Å². The van der Waals surface area contributed by atoms with Gasteiger partial charge in [-0.25, -0.2) is 13.4 Å². The van der Waals surface area contributed by atoms with Gasteiger partial charge in [-0.05, 0) is 30.3 Å². The molecular weight excluding hydrogens is 370 g/mol. The van der Waals surface area contributed by atoms with Crippen molar-refractivity contribution in [1.29, 1.82) is 0 Å². The molecule has 0 aliphatic carbocycles. The van der Waals surface area contributed by atoms with Crippen molar-refractivity contribution in [2.24, 2.45) is 0 Å². The molecule has 0 unspecified atom stereocenters. The van der Waals surface area contributed by atoms with Gasteiger partial charge in [0.15, 0.2) is 15.0 Å². The summed E-state index contributed by atoms with van der Waals surface area (Å²) in [5, 5.41) is 5.90. The molecule has 4 aromatic rings. The summed E-state index contributed by atoms with van der Waals surface area (Å²) in [7, 11) is -1.77. The third-order valence-electron chi connectivity index (χ3n) is 4.02. The van der Waals surface area contributed by atoms with Gasteiger partial charge < -0.3 is 10.1 Å². The highest BCUT2D eigenvalue weighted by Crippen LogP contribution is 2.35. The van der Waals surface area contributed by atoms with Crippen LogP contribution in [0.3, 0.4) is 0 Å². The molecule has 0 aliphatic heterocycles. The second kappa shape index (κ2) is 6.22. The third kappa shape index (κ3) is 2.97. The third-order valence-corrected chi connectivity index (χ3v) is 6.06. The average Bonchev–Trinajstić information content (AvgIpc) is 3.04. The molecule has 2 aromatic carbocycles. The first-order valence-electron chi connectivity index (χ1n) is 7.74. The van der Waals surface area contributed by atoms with E-state index in [1.165, 1.54) is 23.7 Å². The van der Waals surface area contributed by atoms with Gasteiger partial charge in [0.05, 0.1) is 27.9 Å². The number of ether oxygens (including phenoxy) is 1. The number of hydrogen-bond acceptors (Lipinski definition) is 7. The van der Waals surface area contributed by atoms with E-state index in [1.54, 1.807) is 31.6 Å². The Morgan fingerprint density at radius 3 is 2.77 bits per heavy atom. The molecule has 0 atom stereocenters. The topological polar surface area (TPSA) is 81.2 Å².